The van der Waals surface area contributed by atoms with Crippen molar-refractivity contribution >= 4 is 17.9 Å². The highest BCUT2D eigenvalue weighted by molar-refractivity contribution is 5.61. The van der Waals surface area contributed by atoms with E-state index >= 15 is 0 Å². The molecule has 0 unspecified atom stereocenters. The molecule has 0 aromatic carbocycles. The van der Waals surface area contributed by atoms with Crippen LogP contribution in [0, 0.1) is 25.7 Å². The van der Waals surface area contributed by atoms with Gasteiger partial charge in [-0.05, 0) is 54.9 Å². The van der Waals surface area contributed by atoms with Gasteiger partial charge in [-0.2, -0.15) is 4.39 Å². The number of aldehydes is 1. The number of nitrogen functional groups attached to an aromatic ring is 1. The third kappa shape index (κ3) is 2.65. The summed E-state index contributed by atoms with van der Waals surface area (Å²) in [5, 5.41) is 0. The Morgan fingerprint density at radius 1 is 1.28 bits per heavy atom. The van der Waals surface area contributed by atoms with Gasteiger partial charge < -0.3 is 15.4 Å². The summed E-state index contributed by atoms with van der Waals surface area (Å²) in [5.74, 6) is 1.37. The molecule has 4 rings (SSSR count). The third-order valence-electron chi connectivity index (χ3n) is 5.55. The molecule has 2 aromatic heterocycles. The van der Waals surface area contributed by atoms with E-state index in [1.54, 1.807) is 0 Å². The van der Waals surface area contributed by atoms with Crippen molar-refractivity contribution in [1.82, 2.24) is 9.97 Å². The molecule has 1 fully saturated rings. The molecule has 0 saturated heterocycles. The number of carbonyl (C=O) groups excluding carboxylic acids is 1. The Morgan fingerprint density at radius 2 is 2.04 bits per heavy atom. The van der Waals surface area contributed by atoms with E-state index in [1.807, 2.05) is 19.9 Å². The van der Waals surface area contributed by atoms with E-state index in [2.05, 4.69) is 14.9 Å². The topological polar surface area (TPSA) is 72.1 Å². The minimum atomic E-state index is -0.485. The molecule has 1 aliphatic carbocycles. The predicted octanol–water partition coefficient (Wildman–Crippen LogP) is 3.03. The van der Waals surface area contributed by atoms with Gasteiger partial charge in [-0.1, -0.05) is 6.07 Å². The van der Waals surface area contributed by atoms with Crippen molar-refractivity contribution in [1.29, 1.82) is 0 Å². The van der Waals surface area contributed by atoms with Gasteiger partial charge in [0.15, 0.2) is 0 Å². The van der Waals surface area contributed by atoms with Crippen LogP contribution >= 0.6 is 0 Å². The fourth-order valence-electron chi connectivity index (χ4n) is 3.90. The van der Waals surface area contributed by atoms with Crippen molar-refractivity contribution in [2.75, 3.05) is 10.6 Å². The average Bonchev–Trinajstić information content (AvgIpc) is 3.18. The van der Waals surface area contributed by atoms with Crippen LogP contribution in [0.15, 0.2) is 12.1 Å². The fraction of sp³-hybridized carbons (Fsp3) is 0.421. The van der Waals surface area contributed by atoms with Gasteiger partial charge >= 0.3 is 0 Å². The molecule has 5 nitrogen and oxygen atoms in total. The summed E-state index contributed by atoms with van der Waals surface area (Å²) in [4.78, 5) is 21.4. The average molecular weight is 340 g/mol. The Hall–Kier alpha value is -2.50. The lowest BCUT2D eigenvalue weighted by molar-refractivity contribution is -0.108. The van der Waals surface area contributed by atoms with E-state index in [4.69, 9.17) is 5.73 Å². The molecule has 0 amide bonds. The normalized spacial score (nSPS) is 21.3. The zero-order chi connectivity index (χ0) is 17.7. The maximum atomic E-state index is 13.9. The quantitative estimate of drug-likeness (QED) is 0.684. The molecule has 2 N–H and O–H groups in total. The summed E-state index contributed by atoms with van der Waals surface area (Å²) < 4.78 is 13.9. The number of carbonyl (C=O) groups is 1. The largest absolute Gasteiger partial charge is 0.383 e. The van der Waals surface area contributed by atoms with Crippen LogP contribution in [0.1, 0.15) is 46.7 Å². The Kier molecular flexibility index (Phi) is 3.71. The molecule has 6 heteroatoms. The minimum Gasteiger partial charge on any atom is -0.383 e. The van der Waals surface area contributed by atoms with Crippen molar-refractivity contribution in [2.24, 2.45) is 5.92 Å². The molecule has 0 bridgehead atoms. The minimum absolute atomic E-state index is 0.287. The number of nitrogens with zero attached hydrogens (tertiary/aromatic N) is 3. The smallest absolute Gasteiger partial charge is 0.214 e. The molecule has 0 radical (unpaired) electrons. The van der Waals surface area contributed by atoms with Crippen molar-refractivity contribution < 1.29 is 9.18 Å². The maximum absolute atomic E-state index is 13.9. The Balaban J connectivity index is 1.70. The van der Waals surface area contributed by atoms with E-state index in [9.17, 15) is 9.18 Å². The monoisotopic (exact) mass is 340 g/mol. The van der Waals surface area contributed by atoms with E-state index in [0.717, 1.165) is 35.1 Å². The number of nitrogens with two attached hydrogens (primary N) is 1. The molecule has 3 heterocycles. The summed E-state index contributed by atoms with van der Waals surface area (Å²) in [7, 11) is 0. The Morgan fingerprint density at radius 3 is 2.80 bits per heavy atom. The number of hydrogen-bond acceptors (Lipinski definition) is 5. The van der Waals surface area contributed by atoms with Gasteiger partial charge in [0.2, 0.25) is 5.95 Å². The molecular weight excluding hydrogens is 319 g/mol. The predicted molar refractivity (Wildman–Crippen MR) is 93.7 cm³/mol. The Bertz CT molecular complexity index is 867. The van der Waals surface area contributed by atoms with Crippen molar-refractivity contribution in [3.8, 4) is 0 Å². The van der Waals surface area contributed by atoms with Crippen LogP contribution in [0.25, 0.3) is 0 Å². The molecule has 1 saturated carbocycles. The van der Waals surface area contributed by atoms with Gasteiger partial charge in [-0.15, -0.1) is 0 Å². The number of halogens is 1. The summed E-state index contributed by atoms with van der Waals surface area (Å²) in [6.07, 6.45) is 2.48. The zero-order valence-corrected chi connectivity index (χ0v) is 14.4. The summed E-state index contributed by atoms with van der Waals surface area (Å²) >= 11 is 0. The van der Waals surface area contributed by atoms with Crippen LogP contribution in [0.2, 0.25) is 0 Å². The lowest BCUT2D eigenvalue weighted by Crippen LogP contribution is -2.19. The van der Waals surface area contributed by atoms with Crippen LogP contribution in [0.5, 0.6) is 0 Å². The van der Waals surface area contributed by atoms with Crippen LogP contribution < -0.4 is 10.6 Å². The summed E-state index contributed by atoms with van der Waals surface area (Å²) in [6.45, 7) is 5.24. The highest BCUT2D eigenvalue weighted by Crippen LogP contribution is 2.52. The van der Waals surface area contributed by atoms with Crippen molar-refractivity contribution in [3.05, 3.63) is 46.0 Å². The van der Waals surface area contributed by atoms with Gasteiger partial charge in [0.1, 0.15) is 17.9 Å². The van der Waals surface area contributed by atoms with Gasteiger partial charge in [0.25, 0.3) is 0 Å². The zero-order valence-electron chi connectivity index (χ0n) is 14.4. The van der Waals surface area contributed by atoms with Crippen LogP contribution in [0.3, 0.4) is 0 Å². The second kappa shape index (κ2) is 5.79. The number of anilines is 2. The first-order valence-corrected chi connectivity index (χ1v) is 8.59. The second-order valence-electron chi connectivity index (χ2n) is 7.07. The first kappa shape index (κ1) is 16.0. The van der Waals surface area contributed by atoms with Crippen LogP contribution in [-0.4, -0.2) is 16.3 Å². The van der Waals surface area contributed by atoms with E-state index in [-0.39, 0.29) is 5.92 Å². The first-order chi connectivity index (χ1) is 12.0. The van der Waals surface area contributed by atoms with Crippen LogP contribution in [0.4, 0.5) is 16.0 Å². The highest BCUT2D eigenvalue weighted by atomic mass is 19.1. The van der Waals surface area contributed by atoms with Crippen molar-refractivity contribution in [3.63, 3.8) is 0 Å². The van der Waals surface area contributed by atoms with E-state index in [1.165, 1.54) is 11.6 Å². The molecule has 130 valence electrons. The third-order valence-corrected chi connectivity index (χ3v) is 5.55. The summed E-state index contributed by atoms with van der Waals surface area (Å²) in [5.41, 5.74) is 11.4. The van der Waals surface area contributed by atoms with Gasteiger partial charge in [0.05, 0.1) is 0 Å². The van der Waals surface area contributed by atoms with Crippen molar-refractivity contribution in [2.45, 2.75) is 45.7 Å². The van der Waals surface area contributed by atoms with Crippen LogP contribution in [-0.2, 0) is 17.9 Å². The number of pyridine rings is 2. The summed E-state index contributed by atoms with van der Waals surface area (Å²) in [6, 6.07) is 3.22. The molecule has 2 aliphatic rings. The maximum Gasteiger partial charge on any atom is 0.214 e. The van der Waals surface area contributed by atoms with Gasteiger partial charge in [0, 0.05) is 30.8 Å². The SMILES string of the molecule is Cc1nc(N)c2c(c1C)CN(c1nc(F)ccc1[C@@H]1C[C@H]1CC=O)C2. The fourth-order valence-corrected chi connectivity index (χ4v) is 3.90. The number of hydrogen-bond donors (Lipinski definition) is 1. The molecule has 0 spiro atoms. The molecule has 25 heavy (non-hydrogen) atoms. The number of rotatable bonds is 4. The number of aromatic nitrogens is 2. The number of fused-ring (bicyclic) bond motifs is 1. The molecule has 1 aliphatic heterocycles. The standard InChI is InChI=1S/C19H21FN4O/c1-10-11(2)22-18(21)16-9-24(8-15(10)16)19-13(3-4-17(20)23-19)14-7-12(14)5-6-25/h3-4,6,12,14H,5,7-9H2,1-2H3,(H2,21,22)/t12-,14-/m1/s1. The lowest BCUT2D eigenvalue weighted by atomic mass is 10.0. The van der Waals surface area contributed by atoms with Gasteiger partial charge in [-0.25, -0.2) is 9.97 Å². The van der Waals surface area contributed by atoms with E-state index in [0.29, 0.717) is 37.1 Å². The highest BCUT2D eigenvalue weighted by Gasteiger charge is 2.41. The molecular formula is C19H21FN4O. The molecule has 2 atom stereocenters. The number of aryl methyl sites for hydroxylation is 1. The van der Waals surface area contributed by atoms with E-state index < -0.39 is 5.95 Å². The Labute approximate surface area is 146 Å². The van der Waals surface area contributed by atoms with Gasteiger partial charge in [-0.3, -0.25) is 0 Å². The first-order valence-electron chi connectivity index (χ1n) is 8.59. The second-order valence-corrected chi connectivity index (χ2v) is 7.07. The molecule has 2 aromatic rings. The lowest BCUT2D eigenvalue weighted by Gasteiger charge is -2.20.